The van der Waals surface area contributed by atoms with Crippen LogP contribution >= 0.6 is 0 Å². The summed E-state index contributed by atoms with van der Waals surface area (Å²) in [5.74, 6) is -0.0502. The Morgan fingerprint density at radius 1 is 1.16 bits per heavy atom. The molecule has 1 N–H and O–H groups in total. The van der Waals surface area contributed by atoms with Gasteiger partial charge in [0.05, 0.1) is 23.1 Å². The highest BCUT2D eigenvalue weighted by Crippen LogP contribution is 2.13. The maximum absolute atomic E-state index is 12.1. The van der Waals surface area contributed by atoms with Crippen LogP contribution in [0.25, 0.3) is 6.08 Å². The first-order valence-electron chi connectivity index (χ1n) is 7.42. The average Bonchev–Trinajstić information content (AvgIpc) is 2.61. The predicted octanol–water partition coefficient (Wildman–Crippen LogP) is 2.48. The van der Waals surface area contributed by atoms with Gasteiger partial charge < -0.3 is 4.74 Å². The van der Waals surface area contributed by atoms with E-state index in [1.165, 1.54) is 30.3 Å². The Labute approximate surface area is 146 Å². The lowest BCUT2D eigenvalue weighted by atomic mass is 10.2. The van der Waals surface area contributed by atoms with Crippen LogP contribution in [0.15, 0.2) is 59.5 Å². The molecule has 2 rings (SSSR count). The van der Waals surface area contributed by atoms with Gasteiger partial charge >= 0.3 is 0 Å². The number of ether oxygens (including phenoxy) is 1. The van der Waals surface area contributed by atoms with Crippen LogP contribution in [0.5, 0.6) is 5.75 Å². The molecule has 0 radical (unpaired) electrons. The van der Waals surface area contributed by atoms with E-state index in [0.717, 1.165) is 11.6 Å². The molecule has 0 aliphatic heterocycles. The molecule has 7 heteroatoms. The molecule has 25 heavy (non-hydrogen) atoms. The van der Waals surface area contributed by atoms with E-state index in [4.69, 9.17) is 10.00 Å². The van der Waals surface area contributed by atoms with E-state index in [1.54, 1.807) is 24.3 Å². The maximum Gasteiger partial charge on any atom is 0.264 e. The van der Waals surface area contributed by atoms with Gasteiger partial charge in [0.15, 0.2) is 0 Å². The van der Waals surface area contributed by atoms with Gasteiger partial charge in [0.2, 0.25) is 0 Å². The molecule has 0 aliphatic rings. The number of nitrogens with one attached hydrogen (secondary N) is 1. The molecule has 0 aliphatic carbocycles. The van der Waals surface area contributed by atoms with E-state index in [9.17, 15) is 13.2 Å². The number of sulfonamides is 1. The van der Waals surface area contributed by atoms with Crippen molar-refractivity contribution in [2.24, 2.45) is 0 Å². The number of rotatable bonds is 6. The van der Waals surface area contributed by atoms with Crippen LogP contribution in [-0.4, -0.2) is 20.9 Å². The number of amides is 1. The van der Waals surface area contributed by atoms with Gasteiger partial charge in [0.1, 0.15) is 5.75 Å². The highest BCUT2D eigenvalue weighted by atomic mass is 32.2. The van der Waals surface area contributed by atoms with Gasteiger partial charge in [-0.25, -0.2) is 13.1 Å². The van der Waals surface area contributed by atoms with Gasteiger partial charge in [-0.05, 0) is 55.0 Å². The van der Waals surface area contributed by atoms with E-state index in [-0.39, 0.29) is 4.90 Å². The molecular weight excluding hydrogens is 340 g/mol. The SMILES string of the molecule is CCOc1ccc(/C=C/C(=O)NS(=O)(=O)c2ccc(C#N)cc2)cc1. The summed E-state index contributed by atoms with van der Waals surface area (Å²) in [6.45, 7) is 2.44. The topological polar surface area (TPSA) is 96.3 Å². The zero-order chi connectivity index (χ0) is 18.3. The van der Waals surface area contributed by atoms with Crippen molar-refractivity contribution in [1.82, 2.24) is 4.72 Å². The van der Waals surface area contributed by atoms with Crippen LogP contribution < -0.4 is 9.46 Å². The van der Waals surface area contributed by atoms with E-state index >= 15 is 0 Å². The van der Waals surface area contributed by atoms with Crippen molar-refractivity contribution in [2.75, 3.05) is 6.61 Å². The predicted molar refractivity (Wildman–Crippen MR) is 93.1 cm³/mol. The molecule has 0 spiro atoms. The Morgan fingerprint density at radius 3 is 2.36 bits per heavy atom. The molecule has 0 unspecified atom stereocenters. The summed E-state index contributed by atoms with van der Waals surface area (Å²) < 4.78 is 31.5. The van der Waals surface area contributed by atoms with Gasteiger partial charge in [-0.3, -0.25) is 4.79 Å². The number of nitrogens with zero attached hydrogens (tertiary/aromatic N) is 1. The van der Waals surface area contributed by atoms with Gasteiger partial charge in [0, 0.05) is 6.08 Å². The number of nitriles is 1. The first-order chi connectivity index (χ1) is 11.9. The number of carbonyl (C=O) groups is 1. The lowest BCUT2D eigenvalue weighted by Crippen LogP contribution is -2.28. The average molecular weight is 356 g/mol. The second kappa shape index (κ2) is 8.13. The van der Waals surface area contributed by atoms with Crippen molar-refractivity contribution in [3.05, 3.63) is 65.7 Å². The summed E-state index contributed by atoms with van der Waals surface area (Å²) in [6, 6.07) is 14.2. The summed E-state index contributed by atoms with van der Waals surface area (Å²) in [5.41, 5.74) is 1.06. The molecule has 6 nitrogen and oxygen atoms in total. The first-order valence-corrected chi connectivity index (χ1v) is 8.91. The van der Waals surface area contributed by atoms with Crippen molar-refractivity contribution >= 4 is 22.0 Å². The van der Waals surface area contributed by atoms with E-state index in [1.807, 2.05) is 17.7 Å². The normalized spacial score (nSPS) is 11.0. The third-order valence-electron chi connectivity index (χ3n) is 3.15. The van der Waals surface area contributed by atoms with Crippen LogP contribution in [0.2, 0.25) is 0 Å². The molecule has 0 atom stereocenters. The van der Waals surface area contributed by atoms with Crippen molar-refractivity contribution in [1.29, 1.82) is 5.26 Å². The molecule has 0 bridgehead atoms. The monoisotopic (exact) mass is 356 g/mol. The molecule has 0 heterocycles. The quantitative estimate of drug-likeness (QED) is 0.802. The second-order valence-corrected chi connectivity index (χ2v) is 6.62. The van der Waals surface area contributed by atoms with Gasteiger partial charge in [0.25, 0.3) is 15.9 Å². The van der Waals surface area contributed by atoms with Crippen LogP contribution in [0.1, 0.15) is 18.1 Å². The molecule has 0 saturated carbocycles. The van der Waals surface area contributed by atoms with Crippen molar-refractivity contribution in [3.63, 3.8) is 0 Å². The van der Waals surface area contributed by atoms with Gasteiger partial charge in [-0.1, -0.05) is 12.1 Å². The Bertz CT molecular complexity index is 909. The third-order valence-corrected chi connectivity index (χ3v) is 4.51. The highest BCUT2D eigenvalue weighted by molar-refractivity contribution is 7.90. The number of carbonyl (C=O) groups excluding carboxylic acids is 1. The minimum atomic E-state index is -3.98. The summed E-state index contributed by atoms with van der Waals surface area (Å²) in [7, 11) is -3.98. The fraction of sp³-hybridized carbons (Fsp3) is 0.111. The maximum atomic E-state index is 12.1. The van der Waals surface area contributed by atoms with E-state index in [0.29, 0.717) is 17.9 Å². The summed E-state index contributed by atoms with van der Waals surface area (Å²) in [5, 5.41) is 8.72. The molecule has 1 amide bonds. The highest BCUT2D eigenvalue weighted by Gasteiger charge is 2.15. The lowest BCUT2D eigenvalue weighted by molar-refractivity contribution is -0.114. The minimum absolute atomic E-state index is 0.0886. The molecule has 0 saturated heterocycles. The molecule has 0 fully saturated rings. The fourth-order valence-electron chi connectivity index (χ4n) is 1.95. The minimum Gasteiger partial charge on any atom is -0.494 e. The van der Waals surface area contributed by atoms with Crippen molar-refractivity contribution in [2.45, 2.75) is 11.8 Å². The Morgan fingerprint density at radius 2 is 1.80 bits per heavy atom. The summed E-state index contributed by atoms with van der Waals surface area (Å²) in [4.78, 5) is 11.8. The van der Waals surface area contributed by atoms with Gasteiger partial charge in [-0.15, -0.1) is 0 Å². The molecule has 2 aromatic carbocycles. The third kappa shape index (κ3) is 5.19. The van der Waals surface area contributed by atoms with Crippen molar-refractivity contribution < 1.29 is 17.9 Å². The lowest BCUT2D eigenvalue weighted by Gasteiger charge is -2.05. The van der Waals surface area contributed by atoms with Crippen LogP contribution in [0.4, 0.5) is 0 Å². The molecular formula is C18H16N2O4S. The van der Waals surface area contributed by atoms with Crippen LogP contribution in [0.3, 0.4) is 0 Å². The largest absolute Gasteiger partial charge is 0.494 e. The smallest absolute Gasteiger partial charge is 0.264 e. The Kier molecular flexibility index (Phi) is 5.93. The summed E-state index contributed by atoms with van der Waals surface area (Å²) >= 11 is 0. The number of hydrogen-bond acceptors (Lipinski definition) is 5. The Balaban J connectivity index is 2.03. The van der Waals surface area contributed by atoms with Crippen LogP contribution in [0, 0.1) is 11.3 Å². The van der Waals surface area contributed by atoms with Crippen LogP contribution in [-0.2, 0) is 14.8 Å². The van der Waals surface area contributed by atoms with Gasteiger partial charge in [-0.2, -0.15) is 5.26 Å². The van der Waals surface area contributed by atoms with E-state index in [2.05, 4.69) is 0 Å². The standard InChI is InChI=1S/C18H16N2O4S/c1-2-24-16-8-3-14(4-9-16)7-12-18(21)20-25(22,23)17-10-5-15(13-19)6-11-17/h3-12H,2H2,1H3,(H,20,21)/b12-7+. The first kappa shape index (κ1) is 18.2. The molecule has 128 valence electrons. The zero-order valence-corrected chi connectivity index (χ0v) is 14.3. The summed E-state index contributed by atoms with van der Waals surface area (Å²) in [6.07, 6.45) is 2.64. The fourth-order valence-corrected chi connectivity index (χ4v) is 2.89. The zero-order valence-electron chi connectivity index (χ0n) is 13.5. The molecule has 2 aromatic rings. The second-order valence-electron chi connectivity index (χ2n) is 4.94. The number of benzene rings is 2. The van der Waals surface area contributed by atoms with Crippen molar-refractivity contribution in [3.8, 4) is 11.8 Å². The molecule has 0 aromatic heterocycles. The number of hydrogen-bond donors (Lipinski definition) is 1. The Hall–Kier alpha value is -3.11. The van der Waals surface area contributed by atoms with E-state index < -0.39 is 15.9 Å².